The van der Waals surface area contributed by atoms with Crippen LogP contribution in [-0.4, -0.2) is 22.0 Å². The molecule has 1 N–H and O–H groups in total. The van der Waals surface area contributed by atoms with Gasteiger partial charge in [-0.15, -0.1) is 0 Å². The fourth-order valence-corrected chi connectivity index (χ4v) is 1.65. The van der Waals surface area contributed by atoms with Crippen molar-refractivity contribution in [2.75, 3.05) is 12.4 Å². The predicted molar refractivity (Wildman–Crippen MR) is 72.9 cm³/mol. The molecule has 0 aliphatic heterocycles. The maximum atomic E-state index is 5.74. The Morgan fingerprint density at radius 1 is 1.22 bits per heavy atom. The van der Waals surface area contributed by atoms with Gasteiger partial charge in [-0.25, -0.2) is 0 Å². The van der Waals surface area contributed by atoms with Crippen LogP contribution < -0.4 is 10.1 Å². The summed E-state index contributed by atoms with van der Waals surface area (Å²) in [6.45, 7) is 0.372. The summed E-state index contributed by atoms with van der Waals surface area (Å²) in [6, 6.07) is 7.98. The molecule has 0 unspecified atom stereocenters. The van der Waals surface area contributed by atoms with E-state index in [4.69, 9.17) is 16.3 Å². The number of nitrogens with one attached hydrogen (secondary N) is 1. The summed E-state index contributed by atoms with van der Waals surface area (Å²) in [7, 11) is 1.70. The number of benzene rings is 1. The lowest BCUT2D eigenvalue weighted by Crippen LogP contribution is -2.04. The van der Waals surface area contributed by atoms with Crippen molar-refractivity contribution in [3.63, 3.8) is 0 Å². The monoisotopic (exact) mass is 328 g/mol. The molecular formula is C11H10BrClN4O. The summed E-state index contributed by atoms with van der Waals surface area (Å²) in [5, 5.41) is 2.88. The fourth-order valence-electron chi connectivity index (χ4n) is 1.24. The molecule has 0 aliphatic rings. The molecule has 94 valence electrons. The van der Waals surface area contributed by atoms with Crippen molar-refractivity contribution < 1.29 is 4.74 Å². The molecule has 2 aromatic rings. The van der Waals surface area contributed by atoms with E-state index in [0.29, 0.717) is 12.6 Å². The van der Waals surface area contributed by atoms with Crippen molar-refractivity contribution >= 4 is 33.5 Å². The van der Waals surface area contributed by atoms with Gasteiger partial charge in [0.1, 0.15) is 6.61 Å². The highest BCUT2D eigenvalue weighted by Gasteiger charge is 2.05. The summed E-state index contributed by atoms with van der Waals surface area (Å²) >= 11 is 9.11. The quantitative estimate of drug-likeness (QED) is 0.934. The first kappa shape index (κ1) is 13.0. The lowest BCUT2D eigenvalue weighted by Gasteiger charge is -2.06. The van der Waals surface area contributed by atoms with Gasteiger partial charge in [-0.1, -0.05) is 28.1 Å². The zero-order valence-corrected chi connectivity index (χ0v) is 11.9. The van der Waals surface area contributed by atoms with Crippen molar-refractivity contribution in [2.45, 2.75) is 6.61 Å². The molecule has 7 heteroatoms. The minimum absolute atomic E-state index is 0.0974. The van der Waals surface area contributed by atoms with Gasteiger partial charge in [-0.3, -0.25) is 0 Å². The number of halogens is 2. The van der Waals surface area contributed by atoms with Crippen molar-refractivity contribution in [3.05, 3.63) is 39.6 Å². The van der Waals surface area contributed by atoms with Crippen LogP contribution in [0.15, 0.2) is 28.7 Å². The van der Waals surface area contributed by atoms with E-state index >= 15 is 0 Å². The van der Waals surface area contributed by atoms with Crippen molar-refractivity contribution in [1.82, 2.24) is 15.0 Å². The molecule has 1 aromatic carbocycles. The second-order valence-electron chi connectivity index (χ2n) is 3.38. The number of hydrogen-bond donors (Lipinski definition) is 1. The number of aromatic nitrogens is 3. The number of nitrogens with zero attached hydrogens (tertiary/aromatic N) is 3. The van der Waals surface area contributed by atoms with Crippen molar-refractivity contribution in [2.24, 2.45) is 0 Å². The van der Waals surface area contributed by atoms with E-state index in [2.05, 4.69) is 36.2 Å². The van der Waals surface area contributed by atoms with Crippen molar-refractivity contribution in [3.8, 4) is 6.01 Å². The smallest absolute Gasteiger partial charge is 0.322 e. The summed E-state index contributed by atoms with van der Waals surface area (Å²) in [4.78, 5) is 11.8. The lowest BCUT2D eigenvalue weighted by molar-refractivity contribution is 0.280. The Morgan fingerprint density at radius 3 is 2.61 bits per heavy atom. The van der Waals surface area contributed by atoms with Crippen LogP contribution in [0.3, 0.4) is 0 Å². The van der Waals surface area contributed by atoms with E-state index in [1.165, 1.54) is 0 Å². The Bertz CT molecular complexity index is 535. The number of hydrogen-bond acceptors (Lipinski definition) is 5. The van der Waals surface area contributed by atoms with Crippen LogP contribution in [0.4, 0.5) is 5.95 Å². The molecule has 0 amide bonds. The molecule has 0 aliphatic carbocycles. The SMILES string of the molecule is CNc1nc(Cl)nc(OCc2ccc(Br)cc2)n1. The van der Waals surface area contributed by atoms with Crippen molar-refractivity contribution in [1.29, 1.82) is 0 Å². The number of ether oxygens (including phenoxy) is 1. The average molecular weight is 330 g/mol. The molecule has 18 heavy (non-hydrogen) atoms. The third-order valence-corrected chi connectivity index (χ3v) is 2.79. The van der Waals surface area contributed by atoms with Crippen LogP contribution in [-0.2, 0) is 6.61 Å². The third kappa shape index (κ3) is 3.54. The van der Waals surface area contributed by atoms with Crippen LogP contribution in [0.25, 0.3) is 0 Å². The van der Waals surface area contributed by atoms with Crippen LogP contribution in [0, 0.1) is 0 Å². The average Bonchev–Trinajstić information content (AvgIpc) is 2.37. The standard InChI is InChI=1S/C11H10BrClN4O/c1-14-10-15-9(13)16-11(17-10)18-6-7-2-4-8(12)5-3-7/h2-5H,6H2,1H3,(H,14,15,16,17). The minimum atomic E-state index is 0.0974. The van der Waals surface area contributed by atoms with Gasteiger partial charge in [-0.05, 0) is 29.3 Å². The molecule has 5 nitrogen and oxygen atoms in total. The van der Waals surface area contributed by atoms with Gasteiger partial charge in [0.25, 0.3) is 0 Å². The number of anilines is 1. The number of rotatable bonds is 4. The molecule has 0 saturated carbocycles. The van der Waals surface area contributed by atoms with E-state index in [1.807, 2.05) is 24.3 Å². The normalized spacial score (nSPS) is 10.2. The van der Waals surface area contributed by atoms with E-state index in [1.54, 1.807) is 7.05 Å². The van der Waals surface area contributed by atoms with Gasteiger partial charge < -0.3 is 10.1 Å². The van der Waals surface area contributed by atoms with Gasteiger partial charge in [0.15, 0.2) is 0 Å². The Labute approximate surface area is 118 Å². The summed E-state index contributed by atoms with van der Waals surface area (Å²) in [6.07, 6.45) is 0. The maximum absolute atomic E-state index is 5.74. The Morgan fingerprint density at radius 2 is 1.94 bits per heavy atom. The van der Waals surface area contributed by atoms with E-state index in [9.17, 15) is 0 Å². The lowest BCUT2D eigenvalue weighted by atomic mass is 10.2. The molecule has 2 rings (SSSR count). The van der Waals surface area contributed by atoms with Gasteiger partial charge in [0, 0.05) is 11.5 Å². The molecule has 0 fully saturated rings. The summed E-state index contributed by atoms with van der Waals surface area (Å²) in [5.41, 5.74) is 1.01. The highest BCUT2D eigenvalue weighted by atomic mass is 79.9. The Balaban J connectivity index is 2.05. The molecule has 0 saturated heterocycles. The van der Waals surface area contributed by atoms with Gasteiger partial charge in [-0.2, -0.15) is 15.0 Å². The molecule has 1 heterocycles. The molecular weight excluding hydrogens is 320 g/mol. The molecule has 0 radical (unpaired) electrons. The molecule has 0 bridgehead atoms. The van der Waals surface area contributed by atoms with E-state index in [-0.39, 0.29) is 11.3 Å². The van der Waals surface area contributed by atoms with Gasteiger partial charge in [0.05, 0.1) is 0 Å². The highest BCUT2D eigenvalue weighted by molar-refractivity contribution is 9.10. The first-order chi connectivity index (χ1) is 8.67. The van der Waals surface area contributed by atoms with Gasteiger partial charge in [0.2, 0.25) is 11.2 Å². The topological polar surface area (TPSA) is 59.9 Å². The molecule has 0 spiro atoms. The Kier molecular flexibility index (Phi) is 4.33. The van der Waals surface area contributed by atoms with Crippen LogP contribution in [0.2, 0.25) is 5.28 Å². The molecule has 0 atom stereocenters. The van der Waals surface area contributed by atoms with Crippen LogP contribution in [0.1, 0.15) is 5.56 Å². The van der Waals surface area contributed by atoms with E-state index in [0.717, 1.165) is 10.0 Å². The largest absolute Gasteiger partial charge is 0.458 e. The first-order valence-electron chi connectivity index (χ1n) is 5.14. The van der Waals surface area contributed by atoms with Crippen LogP contribution >= 0.6 is 27.5 Å². The minimum Gasteiger partial charge on any atom is -0.458 e. The third-order valence-electron chi connectivity index (χ3n) is 2.09. The second kappa shape index (κ2) is 5.97. The highest BCUT2D eigenvalue weighted by Crippen LogP contribution is 2.14. The zero-order valence-electron chi connectivity index (χ0n) is 9.52. The Hall–Kier alpha value is -1.40. The maximum Gasteiger partial charge on any atom is 0.322 e. The fraction of sp³-hybridized carbons (Fsp3) is 0.182. The predicted octanol–water partition coefficient (Wildman–Crippen LogP) is 2.91. The summed E-state index contributed by atoms with van der Waals surface area (Å²) in [5.74, 6) is 0.376. The second-order valence-corrected chi connectivity index (χ2v) is 4.63. The summed E-state index contributed by atoms with van der Waals surface area (Å²) < 4.78 is 6.47. The van der Waals surface area contributed by atoms with Gasteiger partial charge >= 0.3 is 6.01 Å². The molecule has 1 aromatic heterocycles. The zero-order chi connectivity index (χ0) is 13.0. The first-order valence-corrected chi connectivity index (χ1v) is 6.31. The van der Waals surface area contributed by atoms with Crippen LogP contribution in [0.5, 0.6) is 6.01 Å². The van der Waals surface area contributed by atoms with E-state index < -0.39 is 0 Å².